The van der Waals surface area contributed by atoms with E-state index in [1.54, 1.807) is 11.3 Å². The Labute approximate surface area is 133 Å². The number of halogens is 2. The highest BCUT2D eigenvalue weighted by Gasteiger charge is 2.36. The summed E-state index contributed by atoms with van der Waals surface area (Å²) in [6.07, 6.45) is 0.874. The molecule has 1 aliphatic heterocycles. The van der Waals surface area contributed by atoms with E-state index in [-0.39, 0.29) is 29.8 Å². The molecule has 1 atom stereocenters. The summed E-state index contributed by atoms with van der Waals surface area (Å²) in [5.74, 6) is 0.117. The van der Waals surface area contributed by atoms with Gasteiger partial charge in [0.2, 0.25) is 0 Å². The number of carbonyl (C=O) groups is 1. The molecule has 1 aromatic rings. The standard InChI is InChI=1S/C13H19BrN2OS.ClH/c1-8-6-9(11(14)18-8)12(17)16-5-4-10(15)13(2,3)7-16;/h6,10H,4-5,7,15H2,1-3H3;1H. The fraction of sp³-hybridized carbons (Fsp3) is 0.615. The molecule has 0 aliphatic carbocycles. The molecule has 0 saturated carbocycles. The molecule has 2 heterocycles. The molecule has 1 saturated heterocycles. The van der Waals surface area contributed by atoms with Gasteiger partial charge in [-0.3, -0.25) is 4.79 Å². The number of carbonyl (C=O) groups excluding carboxylic acids is 1. The van der Waals surface area contributed by atoms with Crippen LogP contribution in [0.1, 0.15) is 35.5 Å². The fourth-order valence-electron chi connectivity index (χ4n) is 2.35. The van der Waals surface area contributed by atoms with Gasteiger partial charge < -0.3 is 10.6 Å². The quantitative estimate of drug-likeness (QED) is 0.826. The van der Waals surface area contributed by atoms with Crippen molar-refractivity contribution >= 4 is 45.6 Å². The third-order valence-corrected chi connectivity index (χ3v) is 5.39. The number of nitrogens with two attached hydrogens (primary N) is 1. The first-order valence-corrected chi connectivity index (χ1v) is 7.73. The van der Waals surface area contributed by atoms with Crippen molar-refractivity contribution in [3.8, 4) is 0 Å². The van der Waals surface area contributed by atoms with Crippen LogP contribution in [0, 0.1) is 12.3 Å². The monoisotopic (exact) mass is 366 g/mol. The van der Waals surface area contributed by atoms with Crippen molar-refractivity contribution in [1.82, 2.24) is 4.90 Å². The average molecular weight is 368 g/mol. The number of likely N-dealkylation sites (tertiary alicyclic amines) is 1. The second-order valence-electron chi connectivity index (χ2n) is 5.65. The van der Waals surface area contributed by atoms with Crippen LogP contribution in [0.4, 0.5) is 0 Å². The molecular formula is C13H20BrClN2OS. The lowest BCUT2D eigenvalue weighted by molar-refractivity contribution is 0.0532. The van der Waals surface area contributed by atoms with E-state index in [2.05, 4.69) is 29.8 Å². The minimum Gasteiger partial charge on any atom is -0.338 e. The van der Waals surface area contributed by atoms with Gasteiger partial charge in [-0.25, -0.2) is 0 Å². The van der Waals surface area contributed by atoms with E-state index in [9.17, 15) is 4.79 Å². The van der Waals surface area contributed by atoms with Gasteiger partial charge in [0.25, 0.3) is 5.91 Å². The summed E-state index contributed by atoms with van der Waals surface area (Å²) in [7, 11) is 0. The normalized spacial score (nSPS) is 21.9. The number of piperidine rings is 1. The van der Waals surface area contributed by atoms with Crippen molar-refractivity contribution in [1.29, 1.82) is 0 Å². The summed E-state index contributed by atoms with van der Waals surface area (Å²) in [4.78, 5) is 15.6. The Morgan fingerprint density at radius 2 is 2.21 bits per heavy atom. The van der Waals surface area contributed by atoms with Crippen LogP contribution in [0.25, 0.3) is 0 Å². The summed E-state index contributed by atoms with van der Waals surface area (Å²) < 4.78 is 0.928. The Hall–Kier alpha value is -0.1000. The third-order valence-electron chi connectivity index (χ3n) is 3.64. The molecule has 1 amide bonds. The van der Waals surface area contributed by atoms with E-state index in [4.69, 9.17) is 5.73 Å². The minimum absolute atomic E-state index is 0. The van der Waals surface area contributed by atoms with Crippen LogP contribution < -0.4 is 5.73 Å². The number of thiophene rings is 1. The van der Waals surface area contributed by atoms with Crippen molar-refractivity contribution in [2.75, 3.05) is 13.1 Å². The molecule has 19 heavy (non-hydrogen) atoms. The summed E-state index contributed by atoms with van der Waals surface area (Å²) in [6.45, 7) is 7.76. The first-order chi connectivity index (χ1) is 8.31. The first kappa shape index (κ1) is 17.0. The van der Waals surface area contributed by atoms with Gasteiger partial charge in [-0.2, -0.15) is 0 Å². The van der Waals surface area contributed by atoms with Crippen LogP contribution in [0.15, 0.2) is 9.85 Å². The van der Waals surface area contributed by atoms with Crippen molar-refractivity contribution in [2.45, 2.75) is 33.2 Å². The summed E-state index contributed by atoms with van der Waals surface area (Å²) in [5.41, 5.74) is 6.88. The lowest BCUT2D eigenvalue weighted by Crippen LogP contribution is -2.53. The van der Waals surface area contributed by atoms with Gasteiger partial charge in [-0.05, 0) is 40.8 Å². The molecule has 1 aliphatic rings. The van der Waals surface area contributed by atoms with Gasteiger partial charge in [0.05, 0.1) is 9.35 Å². The molecule has 0 spiro atoms. The van der Waals surface area contributed by atoms with Gasteiger partial charge in [0.1, 0.15) is 0 Å². The maximum Gasteiger partial charge on any atom is 0.255 e. The van der Waals surface area contributed by atoms with E-state index < -0.39 is 0 Å². The van der Waals surface area contributed by atoms with Crippen molar-refractivity contribution in [3.05, 3.63) is 20.3 Å². The van der Waals surface area contributed by atoms with Crippen molar-refractivity contribution in [2.24, 2.45) is 11.1 Å². The zero-order valence-corrected chi connectivity index (χ0v) is 14.6. The number of aryl methyl sites for hydroxylation is 1. The van der Waals surface area contributed by atoms with E-state index >= 15 is 0 Å². The Balaban J connectivity index is 0.00000180. The predicted molar refractivity (Wildman–Crippen MR) is 86.3 cm³/mol. The zero-order valence-electron chi connectivity index (χ0n) is 11.4. The molecular weight excluding hydrogens is 348 g/mol. The maximum atomic E-state index is 12.5. The summed E-state index contributed by atoms with van der Waals surface area (Å²) >= 11 is 5.08. The Morgan fingerprint density at radius 3 is 2.68 bits per heavy atom. The molecule has 1 fully saturated rings. The zero-order chi connectivity index (χ0) is 13.5. The van der Waals surface area contributed by atoms with E-state index in [1.165, 1.54) is 0 Å². The molecule has 2 rings (SSSR count). The van der Waals surface area contributed by atoms with E-state index in [0.717, 1.165) is 33.7 Å². The molecule has 0 bridgehead atoms. The molecule has 0 aromatic carbocycles. The van der Waals surface area contributed by atoms with Crippen molar-refractivity contribution in [3.63, 3.8) is 0 Å². The Kier molecular flexibility index (Phi) is 5.46. The fourth-order valence-corrected chi connectivity index (χ4v) is 4.11. The van der Waals surface area contributed by atoms with Gasteiger partial charge >= 0.3 is 0 Å². The molecule has 108 valence electrons. The number of hydrogen-bond acceptors (Lipinski definition) is 3. The van der Waals surface area contributed by atoms with Crippen LogP contribution in [0.3, 0.4) is 0 Å². The smallest absolute Gasteiger partial charge is 0.255 e. The highest BCUT2D eigenvalue weighted by atomic mass is 79.9. The Bertz CT molecular complexity index is 475. The van der Waals surface area contributed by atoms with E-state index in [0.29, 0.717) is 0 Å². The number of nitrogens with zero attached hydrogens (tertiary/aromatic N) is 1. The topological polar surface area (TPSA) is 46.3 Å². The average Bonchev–Trinajstić information content (AvgIpc) is 2.60. The molecule has 3 nitrogen and oxygen atoms in total. The summed E-state index contributed by atoms with van der Waals surface area (Å²) in [6, 6.07) is 2.13. The Morgan fingerprint density at radius 1 is 1.58 bits per heavy atom. The van der Waals surface area contributed by atoms with Crippen LogP contribution in [-0.4, -0.2) is 29.9 Å². The van der Waals surface area contributed by atoms with Crippen LogP contribution in [0.2, 0.25) is 0 Å². The van der Waals surface area contributed by atoms with Gasteiger partial charge in [0.15, 0.2) is 0 Å². The predicted octanol–water partition coefficient (Wildman–Crippen LogP) is 3.44. The second-order valence-corrected chi connectivity index (χ2v) is 8.23. The lowest BCUT2D eigenvalue weighted by atomic mass is 9.79. The van der Waals surface area contributed by atoms with Gasteiger partial charge in [0, 0.05) is 24.0 Å². The highest BCUT2D eigenvalue weighted by molar-refractivity contribution is 9.11. The first-order valence-electron chi connectivity index (χ1n) is 6.12. The third kappa shape index (κ3) is 3.51. The molecule has 1 aromatic heterocycles. The SMILES string of the molecule is Cc1cc(C(=O)N2CCC(N)C(C)(C)C2)c(Br)s1.Cl. The molecule has 0 radical (unpaired) electrons. The maximum absolute atomic E-state index is 12.5. The molecule has 1 unspecified atom stereocenters. The summed E-state index contributed by atoms with van der Waals surface area (Å²) in [5, 5.41) is 0. The number of amides is 1. The van der Waals surface area contributed by atoms with Crippen molar-refractivity contribution < 1.29 is 4.79 Å². The van der Waals surface area contributed by atoms with Crippen LogP contribution in [-0.2, 0) is 0 Å². The van der Waals surface area contributed by atoms with Crippen LogP contribution in [0.5, 0.6) is 0 Å². The van der Waals surface area contributed by atoms with Crippen LogP contribution >= 0.6 is 39.7 Å². The molecule has 2 N–H and O–H groups in total. The lowest BCUT2D eigenvalue weighted by Gasteiger charge is -2.42. The van der Waals surface area contributed by atoms with Gasteiger partial charge in [-0.1, -0.05) is 13.8 Å². The highest BCUT2D eigenvalue weighted by Crippen LogP contribution is 2.32. The number of hydrogen-bond donors (Lipinski definition) is 1. The minimum atomic E-state index is -0.00848. The number of rotatable bonds is 1. The molecule has 6 heteroatoms. The second kappa shape index (κ2) is 6.12. The largest absolute Gasteiger partial charge is 0.338 e. The van der Waals surface area contributed by atoms with Gasteiger partial charge in [-0.15, -0.1) is 23.7 Å². The van der Waals surface area contributed by atoms with E-state index in [1.807, 2.05) is 17.9 Å².